The van der Waals surface area contributed by atoms with Crippen LogP contribution in [-0.2, 0) is 13.5 Å². The van der Waals surface area contributed by atoms with Gasteiger partial charge in [0, 0.05) is 11.5 Å². The molecular weight excluding hydrogens is 440 g/mol. The van der Waals surface area contributed by atoms with Crippen LogP contribution in [0, 0.1) is 0 Å². The summed E-state index contributed by atoms with van der Waals surface area (Å²) in [5.41, 5.74) is 5.59. The van der Waals surface area contributed by atoms with Gasteiger partial charge in [0.05, 0.1) is 55.1 Å². The van der Waals surface area contributed by atoms with Crippen molar-refractivity contribution >= 4 is 16.7 Å². The Kier molecular flexibility index (Phi) is 7.01. The Morgan fingerprint density at radius 2 is 1.26 bits per heavy atom. The van der Waals surface area contributed by atoms with E-state index in [0.717, 1.165) is 39.8 Å². The van der Waals surface area contributed by atoms with Gasteiger partial charge in [-0.1, -0.05) is 30.3 Å². The molecule has 0 spiro atoms. The zero-order chi connectivity index (χ0) is 25.1. The molecule has 4 rings (SSSR count). The largest absolute Gasteiger partial charge is 0.493 e. The molecule has 3 aromatic carbocycles. The molecule has 0 radical (unpaired) electrons. The zero-order valence-corrected chi connectivity index (χ0v) is 21.5. The molecule has 4 aromatic rings. The normalized spacial score (nSPS) is 10.8. The molecule has 0 saturated heterocycles. The summed E-state index contributed by atoms with van der Waals surface area (Å²) in [4.78, 5) is 2.13. The number of anilines is 1. The van der Waals surface area contributed by atoms with Crippen molar-refractivity contribution in [1.82, 2.24) is 0 Å². The number of hydrogen-bond donors (Lipinski definition) is 0. The lowest BCUT2D eigenvalue weighted by atomic mass is 9.93. The lowest BCUT2D eigenvalue weighted by Crippen LogP contribution is -2.37. The molecule has 6 heteroatoms. The van der Waals surface area contributed by atoms with Crippen molar-refractivity contribution in [3.05, 3.63) is 71.8 Å². The lowest BCUT2D eigenvalue weighted by molar-refractivity contribution is -0.631. The average molecular weight is 474 g/mol. The van der Waals surface area contributed by atoms with Gasteiger partial charge in [-0.05, 0) is 47.4 Å². The summed E-state index contributed by atoms with van der Waals surface area (Å²) in [6, 6.07) is 20.9. The van der Waals surface area contributed by atoms with E-state index in [1.54, 1.807) is 28.4 Å². The average Bonchev–Trinajstić information content (AvgIpc) is 2.87. The number of rotatable bonds is 8. The molecule has 1 heterocycles. The maximum Gasteiger partial charge on any atom is 0.284 e. The quantitative estimate of drug-likeness (QED) is 0.336. The molecule has 1 aromatic heterocycles. The Balaban J connectivity index is 2.05. The standard InChI is InChI=1S/C29H33N2O4/c1-30(2)29-23(14-21-16-26(33-5)28(35-7)18-24(21)31(29)3)22-17-27(34-6)25(32-4)15-20(22)13-19-11-9-8-10-12-19/h8-12,14-18H,13H2,1-7H3/q+1. The van der Waals surface area contributed by atoms with Crippen molar-refractivity contribution in [2.45, 2.75) is 6.42 Å². The van der Waals surface area contributed by atoms with Crippen molar-refractivity contribution in [3.63, 3.8) is 0 Å². The summed E-state index contributed by atoms with van der Waals surface area (Å²) in [6.45, 7) is 0. The third-order valence-electron chi connectivity index (χ3n) is 6.31. The second-order valence-corrected chi connectivity index (χ2v) is 8.63. The number of nitrogens with zero attached hydrogens (tertiary/aromatic N) is 2. The molecule has 0 saturated carbocycles. The molecule has 182 valence electrons. The maximum absolute atomic E-state index is 5.71. The predicted molar refractivity (Wildman–Crippen MR) is 140 cm³/mol. The van der Waals surface area contributed by atoms with Gasteiger partial charge in [-0.2, -0.15) is 0 Å². The molecule has 0 atom stereocenters. The predicted octanol–water partition coefficient (Wildman–Crippen LogP) is 5.02. The highest BCUT2D eigenvalue weighted by atomic mass is 16.5. The number of ether oxygens (including phenoxy) is 4. The highest BCUT2D eigenvalue weighted by Gasteiger charge is 2.25. The fourth-order valence-corrected chi connectivity index (χ4v) is 4.68. The minimum absolute atomic E-state index is 0.694. The van der Waals surface area contributed by atoms with Crippen molar-refractivity contribution in [1.29, 1.82) is 0 Å². The van der Waals surface area contributed by atoms with Crippen LogP contribution in [0.2, 0.25) is 0 Å². The highest BCUT2D eigenvalue weighted by molar-refractivity contribution is 5.89. The summed E-state index contributed by atoms with van der Waals surface area (Å²) >= 11 is 0. The van der Waals surface area contributed by atoms with Crippen LogP contribution in [-0.4, -0.2) is 42.5 Å². The van der Waals surface area contributed by atoms with E-state index in [1.807, 2.05) is 18.2 Å². The number of hydrogen-bond acceptors (Lipinski definition) is 5. The van der Waals surface area contributed by atoms with Crippen LogP contribution >= 0.6 is 0 Å². The van der Waals surface area contributed by atoms with Gasteiger partial charge in [0.25, 0.3) is 5.82 Å². The fraction of sp³-hybridized carbons (Fsp3) is 0.276. The van der Waals surface area contributed by atoms with Crippen LogP contribution in [0.15, 0.2) is 60.7 Å². The van der Waals surface area contributed by atoms with E-state index < -0.39 is 0 Å². The smallest absolute Gasteiger partial charge is 0.284 e. The third kappa shape index (κ3) is 4.56. The zero-order valence-electron chi connectivity index (χ0n) is 21.5. The molecule has 0 unspecified atom stereocenters. The molecule has 0 aliphatic rings. The summed E-state index contributed by atoms with van der Waals surface area (Å²) in [5, 5.41) is 1.05. The number of aromatic nitrogens is 1. The van der Waals surface area contributed by atoms with Gasteiger partial charge in [0.1, 0.15) is 5.52 Å². The van der Waals surface area contributed by atoms with Crippen LogP contribution in [0.4, 0.5) is 5.82 Å². The molecular formula is C29H33N2O4+. The first-order valence-electron chi connectivity index (χ1n) is 11.5. The van der Waals surface area contributed by atoms with Gasteiger partial charge in [-0.15, -0.1) is 0 Å². The number of pyridine rings is 1. The summed E-state index contributed by atoms with van der Waals surface area (Å²) in [7, 11) is 12.8. The Hall–Kier alpha value is -3.93. The van der Waals surface area contributed by atoms with Crippen molar-refractivity contribution in [3.8, 4) is 34.1 Å². The van der Waals surface area contributed by atoms with Gasteiger partial charge in [-0.3, -0.25) is 4.90 Å². The second kappa shape index (κ2) is 10.1. The Morgan fingerprint density at radius 3 is 1.86 bits per heavy atom. The maximum atomic E-state index is 5.71. The first-order valence-corrected chi connectivity index (χ1v) is 11.5. The molecule has 6 nitrogen and oxygen atoms in total. The van der Waals surface area contributed by atoms with Gasteiger partial charge in [-0.25, -0.2) is 4.57 Å². The van der Waals surface area contributed by atoms with E-state index in [0.29, 0.717) is 23.0 Å². The van der Waals surface area contributed by atoms with Crippen LogP contribution in [0.3, 0.4) is 0 Å². The van der Waals surface area contributed by atoms with Crippen molar-refractivity contribution in [2.75, 3.05) is 47.4 Å². The third-order valence-corrected chi connectivity index (χ3v) is 6.31. The van der Waals surface area contributed by atoms with Gasteiger partial charge < -0.3 is 18.9 Å². The first kappa shape index (κ1) is 24.2. The fourth-order valence-electron chi connectivity index (χ4n) is 4.68. The minimum atomic E-state index is 0.694. The van der Waals surface area contributed by atoms with Crippen LogP contribution in [0.1, 0.15) is 11.1 Å². The van der Waals surface area contributed by atoms with Crippen LogP contribution in [0.25, 0.3) is 22.0 Å². The molecule has 35 heavy (non-hydrogen) atoms. The van der Waals surface area contributed by atoms with Crippen molar-refractivity contribution < 1.29 is 23.5 Å². The molecule has 0 aliphatic carbocycles. The second-order valence-electron chi connectivity index (χ2n) is 8.63. The molecule has 0 amide bonds. The summed E-state index contributed by atoms with van der Waals surface area (Å²) in [5.74, 6) is 3.86. The van der Waals surface area contributed by atoms with E-state index in [4.69, 9.17) is 18.9 Å². The number of aryl methyl sites for hydroxylation is 1. The topological polar surface area (TPSA) is 44.0 Å². The van der Waals surface area contributed by atoms with E-state index in [9.17, 15) is 0 Å². The number of methoxy groups -OCH3 is 4. The van der Waals surface area contributed by atoms with Gasteiger partial charge in [0.15, 0.2) is 23.0 Å². The first-order chi connectivity index (χ1) is 16.9. The minimum Gasteiger partial charge on any atom is -0.493 e. The van der Waals surface area contributed by atoms with E-state index in [1.165, 1.54) is 5.56 Å². The van der Waals surface area contributed by atoms with Crippen LogP contribution in [0.5, 0.6) is 23.0 Å². The molecule has 0 aliphatic heterocycles. The van der Waals surface area contributed by atoms with E-state index >= 15 is 0 Å². The molecule has 0 bridgehead atoms. The van der Waals surface area contributed by atoms with E-state index in [-0.39, 0.29) is 0 Å². The van der Waals surface area contributed by atoms with E-state index in [2.05, 4.69) is 73.1 Å². The van der Waals surface area contributed by atoms with Crippen molar-refractivity contribution in [2.24, 2.45) is 7.05 Å². The summed E-state index contributed by atoms with van der Waals surface area (Å²) in [6.07, 6.45) is 0.761. The summed E-state index contributed by atoms with van der Waals surface area (Å²) < 4.78 is 24.7. The Morgan fingerprint density at radius 1 is 0.686 bits per heavy atom. The number of benzene rings is 3. The van der Waals surface area contributed by atoms with Crippen LogP contribution < -0.4 is 28.4 Å². The van der Waals surface area contributed by atoms with Gasteiger partial charge >= 0.3 is 0 Å². The Bertz CT molecular complexity index is 1350. The van der Waals surface area contributed by atoms with Gasteiger partial charge in [0.2, 0.25) is 0 Å². The monoisotopic (exact) mass is 473 g/mol. The Labute approximate surface area is 207 Å². The molecule has 0 fully saturated rings. The molecule has 0 N–H and O–H groups in total. The lowest BCUT2D eigenvalue weighted by Gasteiger charge is -2.20. The SMILES string of the molecule is COc1cc(Cc2ccccc2)c(-c2cc3cc(OC)c(OC)cc3[n+](C)c2N(C)C)cc1OC. The highest BCUT2D eigenvalue weighted by Crippen LogP contribution is 2.41. The number of fused-ring (bicyclic) bond motifs is 1.